The van der Waals surface area contributed by atoms with E-state index in [1.54, 1.807) is 17.0 Å². The minimum atomic E-state index is -0.328. The number of anilines is 1. The van der Waals surface area contributed by atoms with Crippen LogP contribution in [0.3, 0.4) is 0 Å². The topological polar surface area (TPSA) is 40.6 Å². The number of rotatable bonds is 2. The van der Waals surface area contributed by atoms with E-state index in [2.05, 4.69) is 6.92 Å². The van der Waals surface area contributed by atoms with Gasteiger partial charge in [0, 0.05) is 31.7 Å². The first-order valence-corrected chi connectivity index (χ1v) is 7.89. The zero-order valence-electron chi connectivity index (χ0n) is 12.8. The molecule has 2 saturated heterocycles. The fraction of sp³-hybridized carbons (Fsp3) is 0.529. The van der Waals surface area contributed by atoms with Gasteiger partial charge in [-0.3, -0.25) is 9.59 Å². The molecule has 4 nitrogen and oxygen atoms in total. The molecule has 0 bridgehead atoms. The first kappa shape index (κ1) is 15.0. The molecule has 2 amide bonds. The molecule has 0 aromatic heterocycles. The molecule has 5 heteroatoms. The van der Waals surface area contributed by atoms with Gasteiger partial charge in [-0.25, -0.2) is 4.39 Å². The number of nitrogens with zero attached hydrogens (tertiary/aromatic N) is 2. The second-order valence-electron chi connectivity index (χ2n) is 6.41. The Morgan fingerprint density at radius 1 is 1.23 bits per heavy atom. The van der Waals surface area contributed by atoms with E-state index in [0.717, 1.165) is 25.9 Å². The molecule has 0 spiro atoms. The third-order valence-corrected chi connectivity index (χ3v) is 4.58. The number of likely N-dealkylation sites (tertiary alicyclic amines) is 1. The van der Waals surface area contributed by atoms with Crippen LogP contribution in [0, 0.1) is 17.7 Å². The Bertz CT molecular complexity index is 573. The molecule has 0 N–H and O–H groups in total. The molecule has 2 aliphatic heterocycles. The minimum Gasteiger partial charge on any atom is -0.342 e. The van der Waals surface area contributed by atoms with Crippen molar-refractivity contribution in [3.8, 4) is 0 Å². The minimum absolute atomic E-state index is 0.0602. The molecule has 2 aliphatic rings. The van der Waals surface area contributed by atoms with Crippen LogP contribution < -0.4 is 4.90 Å². The molecule has 2 heterocycles. The summed E-state index contributed by atoms with van der Waals surface area (Å²) in [7, 11) is 0. The van der Waals surface area contributed by atoms with Crippen molar-refractivity contribution in [3.63, 3.8) is 0 Å². The van der Waals surface area contributed by atoms with Crippen LogP contribution in [0.1, 0.15) is 26.2 Å². The highest BCUT2D eigenvalue weighted by Crippen LogP contribution is 2.28. The third-order valence-electron chi connectivity index (χ3n) is 4.58. The molecule has 1 aromatic carbocycles. The van der Waals surface area contributed by atoms with E-state index in [1.807, 2.05) is 4.90 Å². The van der Waals surface area contributed by atoms with Crippen molar-refractivity contribution < 1.29 is 14.0 Å². The van der Waals surface area contributed by atoms with Crippen molar-refractivity contribution in [2.24, 2.45) is 11.8 Å². The highest BCUT2D eigenvalue weighted by atomic mass is 19.1. The van der Waals surface area contributed by atoms with Gasteiger partial charge in [-0.05, 0) is 43.0 Å². The maximum Gasteiger partial charge on any atom is 0.228 e. The van der Waals surface area contributed by atoms with Crippen LogP contribution in [0.5, 0.6) is 0 Å². The van der Waals surface area contributed by atoms with Crippen molar-refractivity contribution >= 4 is 17.5 Å². The number of hydrogen-bond acceptors (Lipinski definition) is 2. The fourth-order valence-electron chi connectivity index (χ4n) is 3.39. The van der Waals surface area contributed by atoms with Crippen molar-refractivity contribution in [1.82, 2.24) is 4.90 Å². The summed E-state index contributed by atoms with van der Waals surface area (Å²) < 4.78 is 13.0. The Morgan fingerprint density at radius 2 is 1.95 bits per heavy atom. The van der Waals surface area contributed by atoms with Gasteiger partial charge in [0.25, 0.3) is 0 Å². The summed E-state index contributed by atoms with van der Waals surface area (Å²) in [5, 5.41) is 0. The number of hydrogen-bond donors (Lipinski definition) is 0. The number of carbonyl (C=O) groups excluding carboxylic acids is 2. The van der Waals surface area contributed by atoms with Crippen molar-refractivity contribution in [3.05, 3.63) is 30.1 Å². The summed E-state index contributed by atoms with van der Waals surface area (Å²) in [4.78, 5) is 28.3. The normalized spacial score (nSPS) is 25.6. The van der Waals surface area contributed by atoms with Crippen molar-refractivity contribution in [1.29, 1.82) is 0 Å². The second kappa shape index (κ2) is 6.07. The van der Waals surface area contributed by atoms with Crippen molar-refractivity contribution in [2.75, 3.05) is 24.5 Å². The molecule has 3 rings (SSSR count). The van der Waals surface area contributed by atoms with Crippen LogP contribution in [0.25, 0.3) is 0 Å². The predicted octanol–water partition coefficient (Wildman–Crippen LogP) is 2.44. The average Bonchev–Trinajstić information content (AvgIpc) is 2.89. The standard InChI is InChI=1S/C17H21FN2O2/c1-12-3-2-8-19(10-12)17(22)13-9-16(21)20(11-13)15-6-4-14(18)5-7-15/h4-7,12-13H,2-3,8-11H2,1H3/t12-,13+/m0/s1. The van der Waals surface area contributed by atoms with Gasteiger partial charge in [0.05, 0.1) is 5.92 Å². The molecule has 1 aromatic rings. The maximum absolute atomic E-state index is 13.0. The summed E-state index contributed by atoms with van der Waals surface area (Å²) in [6.45, 7) is 4.14. The van der Waals surface area contributed by atoms with Gasteiger partial charge < -0.3 is 9.80 Å². The SMILES string of the molecule is C[C@H]1CCCN(C(=O)[C@@H]2CC(=O)N(c3ccc(F)cc3)C2)C1. The third kappa shape index (κ3) is 2.98. The Morgan fingerprint density at radius 3 is 2.64 bits per heavy atom. The van der Waals surface area contributed by atoms with E-state index in [0.29, 0.717) is 18.2 Å². The summed E-state index contributed by atoms with van der Waals surface area (Å²) in [5.41, 5.74) is 0.661. The average molecular weight is 304 g/mol. The maximum atomic E-state index is 13.0. The molecule has 0 radical (unpaired) electrons. The lowest BCUT2D eigenvalue weighted by Crippen LogP contribution is -2.43. The van der Waals surface area contributed by atoms with E-state index in [-0.39, 0.29) is 30.0 Å². The zero-order valence-corrected chi connectivity index (χ0v) is 12.8. The highest BCUT2D eigenvalue weighted by molar-refractivity contribution is 6.00. The van der Waals surface area contributed by atoms with Gasteiger partial charge in [-0.2, -0.15) is 0 Å². The van der Waals surface area contributed by atoms with Crippen LogP contribution in [-0.4, -0.2) is 36.3 Å². The van der Waals surface area contributed by atoms with Crippen LogP contribution in [0.2, 0.25) is 0 Å². The van der Waals surface area contributed by atoms with Crippen LogP contribution >= 0.6 is 0 Å². The van der Waals surface area contributed by atoms with E-state index >= 15 is 0 Å². The molecule has 0 saturated carbocycles. The Kier molecular flexibility index (Phi) is 4.14. The van der Waals surface area contributed by atoms with Gasteiger partial charge in [-0.15, -0.1) is 0 Å². The van der Waals surface area contributed by atoms with Gasteiger partial charge in [0.15, 0.2) is 0 Å². The lowest BCUT2D eigenvalue weighted by atomic mass is 9.98. The monoisotopic (exact) mass is 304 g/mol. The lowest BCUT2D eigenvalue weighted by molar-refractivity contribution is -0.137. The van der Waals surface area contributed by atoms with E-state index in [9.17, 15) is 14.0 Å². The highest BCUT2D eigenvalue weighted by Gasteiger charge is 2.37. The van der Waals surface area contributed by atoms with Gasteiger partial charge in [0.1, 0.15) is 5.82 Å². The molecular formula is C17H21FN2O2. The summed E-state index contributed by atoms with van der Waals surface area (Å²) in [5.74, 6) is -0.0456. The first-order valence-electron chi connectivity index (χ1n) is 7.89. The predicted molar refractivity (Wildman–Crippen MR) is 81.8 cm³/mol. The number of halogens is 1. The smallest absolute Gasteiger partial charge is 0.228 e. The quantitative estimate of drug-likeness (QED) is 0.842. The Labute approximate surface area is 129 Å². The summed E-state index contributed by atoms with van der Waals surface area (Å²) >= 11 is 0. The molecule has 22 heavy (non-hydrogen) atoms. The molecule has 2 fully saturated rings. The van der Waals surface area contributed by atoms with E-state index in [1.165, 1.54) is 12.1 Å². The van der Waals surface area contributed by atoms with Crippen molar-refractivity contribution in [2.45, 2.75) is 26.2 Å². The summed E-state index contributed by atoms with van der Waals surface area (Å²) in [6.07, 6.45) is 2.45. The van der Waals surface area contributed by atoms with Crippen LogP contribution in [-0.2, 0) is 9.59 Å². The van der Waals surface area contributed by atoms with Gasteiger partial charge in [-0.1, -0.05) is 6.92 Å². The number of piperidine rings is 1. The van der Waals surface area contributed by atoms with E-state index in [4.69, 9.17) is 0 Å². The number of benzene rings is 1. The summed E-state index contributed by atoms with van der Waals surface area (Å²) in [6, 6.07) is 5.85. The Balaban J connectivity index is 1.68. The van der Waals surface area contributed by atoms with E-state index < -0.39 is 0 Å². The fourth-order valence-corrected chi connectivity index (χ4v) is 3.39. The molecule has 2 atom stereocenters. The molecule has 0 aliphatic carbocycles. The molecule has 118 valence electrons. The second-order valence-corrected chi connectivity index (χ2v) is 6.41. The van der Waals surface area contributed by atoms with Crippen LogP contribution in [0.4, 0.5) is 10.1 Å². The number of carbonyl (C=O) groups is 2. The number of amides is 2. The zero-order chi connectivity index (χ0) is 15.7. The lowest BCUT2D eigenvalue weighted by Gasteiger charge is -2.32. The molecular weight excluding hydrogens is 283 g/mol. The first-order chi connectivity index (χ1) is 10.5. The Hall–Kier alpha value is -1.91. The van der Waals surface area contributed by atoms with Gasteiger partial charge in [0.2, 0.25) is 11.8 Å². The molecule has 0 unspecified atom stereocenters. The largest absolute Gasteiger partial charge is 0.342 e. The van der Waals surface area contributed by atoms with Crippen LogP contribution in [0.15, 0.2) is 24.3 Å². The van der Waals surface area contributed by atoms with Gasteiger partial charge >= 0.3 is 0 Å².